The van der Waals surface area contributed by atoms with E-state index in [2.05, 4.69) is 12.2 Å². The number of amides is 1. The van der Waals surface area contributed by atoms with Crippen molar-refractivity contribution in [2.45, 2.75) is 13.3 Å². The van der Waals surface area contributed by atoms with E-state index in [-0.39, 0.29) is 5.91 Å². The third-order valence-corrected chi connectivity index (χ3v) is 4.19. The van der Waals surface area contributed by atoms with E-state index in [0.29, 0.717) is 16.3 Å². The quantitative estimate of drug-likeness (QED) is 0.746. The molecule has 3 aromatic rings. The number of aliphatic hydroxyl groups is 1. The van der Waals surface area contributed by atoms with Crippen molar-refractivity contribution >= 4 is 34.1 Å². The van der Waals surface area contributed by atoms with Crippen molar-refractivity contribution in [3.63, 3.8) is 0 Å². The number of rotatable bonds is 3. The molecule has 5 heteroatoms. The van der Waals surface area contributed by atoms with E-state index in [9.17, 15) is 4.79 Å². The standard InChI is InChI=1S/C18H17ClN2O.CH4O/c1-3-12-8-9-13(10-16(12)19)20-18(22)15-11-21(2)17-7-5-4-6-14(15)17;1-2/h4-11H,3H2,1-2H3,(H,20,22);2H,1H3. The predicted molar refractivity (Wildman–Crippen MR) is 99.8 cm³/mol. The van der Waals surface area contributed by atoms with E-state index in [1.165, 1.54) is 0 Å². The van der Waals surface area contributed by atoms with Crippen LogP contribution in [0.1, 0.15) is 22.8 Å². The van der Waals surface area contributed by atoms with Gasteiger partial charge in [0.2, 0.25) is 0 Å². The summed E-state index contributed by atoms with van der Waals surface area (Å²) in [4.78, 5) is 12.5. The molecule has 0 aliphatic heterocycles. The van der Waals surface area contributed by atoms with Crippen LogP contribution in [-0.4, -0.2) is 22.7 Å². The zero-order valence-corrected chi connectivity index (χ0v) is 14.8. The van der Waals surface area contributed by atoms with Crippen molar-refractivity contribution in [1.29, 1.82) is 0 Å². The molecule has 0 unspecified atom stereocenters. The predicted octanol–water partition coefficient (Wildman–Crippen LogP) is 4.25. The molecule has 126 valence electrons. The molecule has 3 rings (SSSR count). The minimum atomic E-state index is -0.128. The van der Waals surface area contributed by atoms with Crippen molar-refractivity contribution in [2.24, 2.45) is 7.05 Å². The van der Waals surface area contributed by atoms with Crippen LogP contribution in [0.25, 0.3) is 10.9 Å². The van der Waals surface area contributed by atoms with E-state index in [1.54, 1.807) is 6.07 Å². The number of anilines is 1. The van der Waals surface area contributed by atoms with Gasteiger partial charge in [-0.2, -0.15) is 0 Å². The Morgan fingerprint density at radius 3 is 2.58 bits per heavy atom. The maximum atomic E-state index is 12.5. The first-order valence-corrected chi connectivity index (χ1v) is 8.06. The number of hydrogen-bond donors (Lipinski definition) is 2. The molecule has 1 heterocycles. The van der Waals surface area contributed by atoms with Crippen molar-refractivity contribution in [3.8, 4) is 0 Å². The third-order valence-electron chi connectivity index (χ3n) is 3.83. The molecule has 0 spiro atoms. The summed E-state index contributed by atoms with van der Waals surface area (Å²) in [6.07, 6.45) is 2.72. The average molecular weight is 345 g/mol. The maximum Gasteiger partial charge on any atom is 0.257 e. The molecule has 0 bridgehead atoms. The van der Waals surface area contributed by atoms with Crippen molar-refractivity contribution in [1.82, 2.24) is 4.57 Å². The molecule has 2 N–H and O–H groups in total. The van der Waals surface area contributed by atoms with Crippen LogP contribution in [0.2, 0.25) is 5.02 Å². The summed E-state index contributed by atoms with van der Waals surface area (Å²) in [6.45, 7) is 2.05. The highest BCUT2D eigenvalue weighted by Gasteiger charge is 2.14. The molecular formula is C19H21ClN2O2. The summed E-state index contributed by atoms with van der Waals surface area (Å²) >= 11 is 6.20. The zero-order chi connectivity index (χ0) is 17.7. The normalized spacial score (nSPS) is 10.2. The van der Waals surface area contributed by atoms with E-state index >= 15 is 0 Å². The van der Waals surface area contributed by atoms with Gasteiger partial charge in [-0.3, -0.25) is 4.79 Å². The minimum Gasteiger partial charge on any atom is -0.400 e. The Morgan fingerprint density at radius 1 is 1.21 bits per heavy atom. The molecule has 0 fully saturated rings. The van der Waals surface area contributed by atoms with Gasteiger partial charge < -0.3 is 15.0 Å². The summed E-state index contributed by atoms with van der Waals surface area (Å²) in [5, 5.41) is 11.5. The topological polar surface area (TPSA) is 54.3 Å². The van der Waals surface area contributed by atoms with Crippen LogP contribution < -0.4 is 5.32 Å². The first kappa shape index (κ1) is 18.0. The highest BCUT2D eigenvalue weighted by atomic mass is 35.5. The summed E-state index contributed by atoms with van der Waals surface area (Å²) in [5.41, 5.74) is 3.48. The number of halogens is 1. The van der Waals surface area contributed by atoms with Crippen LogP contribution in [0.3, 0.4) is 0 Å². The van der Waals surface area contributed by atoms with E-state index in [1.807, 2.05) is 54.2 Å². The van der Waals surface area contributed by atoms with Crippen LogP contribution in [0.5, 0.6) is 0 Å². The molecule has 1 amide bonds. The van der Waals surface area contributed by atoms with Gasteiger partial charge in [-0.1, -0.05) is 42.8 Å². The number of benzene rings is 2. The molecule has 4 nitrogen and oxygen atoms in total. The molecule has 0 atom stereocenters. The Morgan fingerprint density at radius 2 is 1.92 bits per heavy atom. The van der Waals surface area contributed by atoms with Crippen LogP contribution in [0, 0.1) is 0 Å². The Labute approximate surface area is 146 Å². The summed E-state index contributed by atoms with van der Waals surface area (Å²) in [6, 6.07) is 13.5. The van der Waals surface area contributed by atoms with Crippen molar-refractivity contribution in [2.75, 3.05) is 12.4 Å². The Kier molecular flexibility index (Phi) is 6.01. The first-order valence-electron chi connectivity index (χ1n) is 7.68. The molecule has 0 aliphatic rings. The van der Waals surface area contributed by atoms with E-state index in [4.69, 9.17) is 16.7 Å². The number of aryl methyl sites for hydroxylation is 2. The molecule has 24 heavy (non-hydrogen) atoms. The monoisotopic (exact) mass is 344 g/mol. The number of aromatic nitrogens is 1. The number of nitrogens with zero attached hydrogens (tertiary/aromatic N) is 1. The van der Waals surface area contributed by atoms with Gasteiger partial charge in [-0.25, -0.2) is 0 Å². The summed E-state index contributed by atoms with van der Waals surface area (Å²) in [7, 11) is 2.94. The van der Waals surface area contributed by atoms with Gasteiger partial charge in [0.1, 0.15) is 0 Å². The maximum absolute atomic E-state index is 12.5. The fourth-order valence-corrected chi connectivity index (χ4v) is 2.95. The SMILES string of the molecule is CCc1ccc(NC(=O)c2cn(C)c3ccccc23)cc1Cl.CO. The molecule has 1 aromatic heterocycles. The van der Waals surface area contributed by atoms with Gasteiger partial charge in [0.05, 0.1) is 5.56 Å². The van der Waals surface area contributed by atoms with Crippen LogP contribution in [0.15, 0.2) is 48.7 Å². The number of aliphatic hydroxyl groups excluding tert-OH is 1. The average Bonchev–Trinajstić information content (AvgIpc) is 2.94. The summed E-state index contributed by atoms with van der Waals surface area (Å²) < 4.78 is 1.96. The van der Waals surface area contributed by atoms with Crippen molar-refractivity contribution < 1.29 is 9.90 Å². The number of carbonyl (C=O) groups is 1. The second-order valence-electron chi connectivity index (χ2n) is 5.28. The number of para-hydroxylation sites is 1. The Hall–Kier alpha value is -2.30. The number of carbonyl (C=O) groups excluding carboxylic acids is 1. The van der Waals surface area contributed by atoms with Gasteiger partial charge in [0.25, 0.3) is 5.91 Å². The lowest BCUT2D eigenvalue weighted by Gasteiger charge is -2.07. The Bertz CT molecular complexity index is 856. The van der Waals surface area contributed by atoms with Crippen LogP contribution in [-0.2, 0) is 13.5 Å². The fourth-order valence-electron chi connectivity index (χ4n) is 2.63. The molecule has 0 aliphatic carbocycles. The van der Waals surface area contributed by atoms with Gasteiger partial charge in [-0.15, -0.1) is 0 Å². The molecule has 0 saturated heterocycles. The van der Waals surface area contributed by atoms with Gasteiger partial charge in [-0.05, 0) is 30.2 Å². The van der Waals surface area contributed by atoms with E-state index in [0.717, 1.165) is 30.0 Å². The third kappa shape index (κ3) is 3.61. The van der Waals surface area contributed by atoms with Crippen LogP contribution >= 0.6 is 11.6 Å². The van der Waals surface area contributed by atoms with Gasteiger partial charge in [0, 0.05) is 42.0 Å². The first-order chi connectivity index (χ1) is 11.6. The van der Waals surface area contributed by atoms with Crippen molar-refractivity contribution in [3.05, 3.63) is 64.8 Å². The lowest BCUT2D eigenvalue weighted by Crippen LogP contribution is -2.11. The van der Waals surface area contributed by atoms with Crippen LogP contribution in [0.4, 0.5) is 5.69 Å². The minimum absolute atomic E-state index is 0.128. The highest BCUT2D eigenvalue weighted by Crippen LogP contribution is 2.24. The zero-order valence-electron chi connectivity index (χ0n) is 14.0. The van der Waals surface area contributed by atoms with Gasteiger partial charge in [0.15, 0.2) is 0 Å². The second-order valence-corrected chi connectivity index (χ2v) is 5.69. The smallest absolute Gasteiger partial charge is 0.257 e. The molecule has 2 aromatic carbocycles. The Balaban J connectivity index is 0.00000100. The fraction of sp³-hybridized carbons (Fsp3) is 0.211. The lowest BCUT2D eigenvalue weighted by molar-refractivity contribution is 0.102. The van der Waals surface area contributed by atoms with E-state index < -0.39 is 0 Å². The molecule has 0 radical (unpaired) electrons. The lowest BCUT2D eigenvalue weighted by atomic mass is 10.1. The second kappa shape index (κ2) is 7.99. The molecule has 0 saturated carbocycles. The highest BCUT2D eigenvalue weighted by molar-refractivity contribution is 6.31. The number of fused-ring (bicyclic) bond motifs is 1. The summed E-state index contributed by atoms with van der Waals surface area (Å²) in [5.74, 6) is -0.128. The molecular weight excluding hydrogens is 324 g/mol. The van der Waals surface area contributed by atoms with Gasteiger partial charge >= 0.3 is 0 Å². The number of nitrogens with one attached hydrogen (secondary N) is 1. The largest absolute Gasteiger partial charge is 0.400 e. The number of hydrogen-bond acceptors (Lipinski definition) is 2.